The van der Waals surface area contributed by atoms with E-state index >= 15 is 0 Å². The molecule has 47 heavy (non-hydrogen) atoms. The molecule has 2 aromatic rings. The number of ether oxygens (including phenoxy) is 1. The predicted octanol–water partition coefficient (Wildman–Crippen LogP) is 3.72. The molecule has 1 aliphatic heterocycles. The first-order valence-corrected chi connectivity index (χ1v) is 16.6. The third kappa shape index (κ3) is 6.48. The van der Waals surface area contributed by atoms with E-state index in [2.05, 4.69) is 26.1 Å². The van der Waals surface area contributed by atoms with Gasteiger partial charge in [0.15, 0.2) is 0 Å². The average Bonchev–Trinajstić information content (AvgIpc) is 3.42. The molecule has 0 aromatic heterocycles. The lowest BCUT2D eigenvalue weighted by atomic mass is 9.45. The molecule has 1 heterocycles. The third-order valence-electron chi connectivity index (χ3n) is 11.2. The Balaban J connectivity index is 1.47. The molecule has 11 heteroatoms. The smallest absolute Gasteiger partial charge is 0.277 e. The molecule has 0 spiro atoms. The van der Waals surface area contributed by atoms with E-state index in [0.29, 0.717) is 29.1 Å². The van der Waals surface area contributed by atoms with E-state index in [0.717, 1.165) is 28.8 Å². The number of methoxy groups -OCH3 is 1. The van der Waals surface area contributed by atoms with Crippen LogP contribution in [0.15, 0.2) is 36.4 Å². The van der Waals surface area contributed by atoms with Crippen LogP contribution in [0.4, 0.5) is 5.69 Å². The van der Waals surface area contributed by atoms with Crippen LogP contribution in [0.25, 0.3) is 11.1 Å². The molecule has 8 atom stereocenters. The predicted molar refractivity (Wildman–Crippen MR) is 179 cm³/mol. The van der Waals surface area contributed by atoms with E-state index in [4.69, 9.17) is 14.4 Å². The minimum atomic E-state index is -0.896. The highest BCUT2D eigenvalue weighted by Gasteiger charge is 2.57. The van der Waals surface area contributed by atoms with E-state index in [-0.39, 0.29) is 36.4 Å². The monoisotopic (exact) mass is 652 g/mol. The topological polar surface area (TPSA) is 124 Å². The van der Waals surface area contributed by atoms with Crippen molar-refractivity contribution >= 4 is 17.5 Å². The molecule has 1 saturated heterocycles. The Morgan fingerprint density at radius 1 is 1.15 bits per heavy atom. The largest absolute Gasteiger partial charge is 0.496 e. The number of hydrogen-bond acceptors (Lipinski definition) is 9. The minimum absolute atomic E-state index is 0.0415. The molecule has 0 unspecified atom stereocenters. The van der Waals surface area contributed by atoms with Gasteiger partial charge in [-0.3, -0.25) is 19.3 Å². The number of aliphatic hydroxyl groups is 2. The Labute approximate surface area is 278 Å². The van der Waals surface area contributed by atoms with E-state index < -0.39 is 24.2 Å². The average molecular weight is 653 g/mol. The summed E-state index contributed by atoms with van der Waals surface area (Å²) in [4.78, 5) is 40.5. The fourth-order valence-electron chi connectivity index (χ4n) is 8.24. The van der Waals surface area contributed by atoms with Crippen molar-refractivity contribution in [1.29, 1.82) is 0 Å². The highest BCUT2D eigenvalue weighted by Crippen LogP contribution is 2.61. The van der Waals surface area contributed by atoms with Crippen LogP contribution in [0.1, 0.15) is 56.5 Å². The zero-order valence-electron chi connectivity index (χ0n) is 29.2. The van der Waals surface area contributed by atoms with Crippen LogP contribution in [0.2, 0.25) is 0 Å². The van der Waals surface area contributed by atoms with Crippen LogP contribution >= 0.6 is 0 Å². The van der Waals surface area contributed by atoms with Crippen molar-refractivity contribution in [3.05, 3.63) is 47.5 Å². The van der Waals surface area contributed by atoms with Crippen LogP contribution < -0.4 is 15.0 Å². The standard InChI is InChI=1S/C36H52N4O7/c1-20-28-16-25(36(28,3)4)17-29(20)37-34(43)32-31(21(2)42)30(19-41)47-40(32)18-22-11-10-12-27(33(22)45-8)23-13-24(35(44)39(7)46-9)15-26(14-23)38(5)6/h10-15,20-21,25,28-32,41-42H,16-19H2,1-9H3,(H,37,43)/t20-,21-,25+,28-,29-,30-,31+,32-/m0/s1. The highest BCUT2D eigenvalue weighted by molar-refractivity contribution is 5.96. The second-order valence-electron chi connectivity index (χ2n) is 14.4. The third-order valence-corrected chi connectivity index (χ3v) is 11.2. The lowest BCUT2D eigenvalue weighted by Crippen LogP contribution is -2.62. The van der Waals surface area contributed by atoms with Crippen LogP contribution in [0.3, 0.4) is 0 Å². The van der Waals surface area contributed by atoms with Gasteiger partial charge in [0.1, 0.15) is 17.9 Å². The number of aliphatic hydroxyl groups excluding tert-OH is 2. The maximum Gasteiger partial charge on any atom is 0.277 e. The molecule has 6 rings (SSSR count). The molecule has 4 fully saturated rings. The number of rotatable bonds is 11. The Morgan fingerprint density at radius 3 is 2.45 bits per heavy atom. The molecule has 3 aliphatic carbocycles. The maximum atomic E-state index is 14.1. The summed E-state index contributed by atoms with van der Waals surface area (Å²) in [5.74, 6) is 0.899. The van der Waals surface area contributed by atoms with E-state index in [1.54, 1.807) is 32.2 Å². The van der Waals surface area contributed by atoms with Gasteiger partial charge in [0.05, 0.1) is 33.5 Å². The van der Waals surface area contributed by atoms with Crippen molar-refractivity contribution in [3.8, 4) is 16.9 Å². The van der Waals surface area contributed by atoms with E-state index in [1.165, 1.54) is 18.6 Å². The molecule has 3 N–H and O–H groups in total. The van der Waals surface area contributed by atoms with Crippen molar-refractivity contribution in [2.45, 2.75) is 71.4 Å². The van der Waals surface area contributed by atoms with Crippen LogP contribution in [-0.2, 0) is 21.0 Å². The molecule has 4 aliphatic rings. The number of hydrogen-bond donors (Lipinski definition) is 3. The van der Waals surface area contributed by atoms with E-state index in [9.17, 15) is 19.8 Å². The van der Waals surface area contributed by atoms with Crippen LogP contribution in [0.5, 0.6) is 5.75 Å². The molecule has 3 saturated carbocycles. The number of carbonyl (C=O) groups is 2. The summed E-state index contributed by atoms with van der Waals surface area (Å²) in [7, 11) is 8.41. The Hall–Kier alpha value is -3.22. The number of nitrogens with zero attached hydrogens (tertiary/aromatic N) is 3. The lowest BCUT2D eigenvalue weighted by molar-refractivity contribution is -0.183. The summed E-state index contributed by atoms with van der Waals surface area (Å²) < 4.78 is 5.99. The summed E-state index contributed by atoms with van der Waals surface area (Å²) in [5, 5.41) is 27.2. The van der Waals surface area contributed by atoms with Gasteiger partial charge >= 0.3 is 0 Å². The van der Waals surface area contributed by atoms with Crippen molar-refractivity contribution in [3.63, 3.8) is 0 Å². The lowest BCUT2D eigenvalue weighted by Gasteiger charge is -2.62. The van der Waals surface area contributed by atoms with Crippen molar-refractivity contribution in [2.75, 3.05) is 46.9 Å². The molecule has 11 nitrogen and oxygen atoms in total. The Kier molecular flexibility index (Phi) is 10.2. The Bertz CT molecular complexity index is 1460. The number of hydroxylamine groups is 4. The molecule has 2 amide bonds. The van der Waals surface area contributed by atoms with Gasteiger partial charge in [0.25, 0.3) is 5.91 Å². The van der Waals surface area contributed by atoms with Crippen LogP contribution in [-0.4, -0.2) is 98.4 Å². The number of benzene rings is 2. The number of amides is 2. The van der Waals surface area contributed by atoms with Crippen LogP contribution in [0, 0.1) is 29.1 Å². The number of anilines is 1. The second-order valence-corrected chi connectivity index (χ2v) is 14.4. The molecule has 0 radical (unpaired) electrons. The number of carbonyl (C=O) groups excluding carboxylic acids is 2. The molecular weight excluding hydrogens is 600 g/mol. The van der Waals surface area contributed by atoms with Crippen molar-refractivity contribution < 1.29 is 34.2 Å². The molecule has 258 valence electrons. The van der Waals surface area contributed by atoms with E-state index in [1.807, 2.05) is 49.3 Å². The summed E-state index contributed by atoms with van der Waals surface area (Å²) in [6, 6.07) is 10.5. The van der Waals surface area contributed by atoms with Gasteiger partial charge in [0, 0.05) is 55.5 Å². The first-order valence-electron chi connectivity index (χ1n) is 16.6. The molecule has 2 aromatic carbocycles. The maximum absolute atomic E-state index is 14.1. The zero-order chi connectivity index (χ0) is 34.4. The molecule has 2 bridgehead atoms. The summed E-state index contributed by atoms with van der Waals surface area (Å²) >= 11 is 0. The van der Waals surface area contributed by atoms with Gasteiger partial charge in [-0.05, 0) is 66.7 Å². The first kappa shape index (κ1) is 35.1. The number of para-hydroxylation sites is 1. The quantitative estimate of drug-likeness (QED) is 0.312. The zero-order valence-corrected chi connectivity index (χ0v) is 29.2. The van der Waals surface area contributed by atoms with Gasteiger partial charge in [0.2, 0.25) is 5.91 Å². The second kappa shape index (κ2) is 13.7. The molecular formula is C36H52N4O7. The van der Waals surface area contributed by atoms with Gasteiger partial charge < -0.3 is 25.2 Å². The fraction of sp³-hybridized carbons (Fsp3) is 0.611. The first-order chi connectivity index (χ1) is 22.2. The summed E-state index contributed by atoms with van der Waals surface area (Å²) in [6.07, 6.45) is 0.486. The highest BCUT2D eigenvalue weighted by atomic mass is 16.7. The van der Waals surface area contributed by atoms with Gasteiger partial charge in [-0.2, -0.15) is 5.06 Å². The SMILES string of the molecule is COc1c(CN2O[C@@H](CO)[C@@H]([C@H](C)O)[C@H]2C(=O)N[C@H]2C[C@H]3C[C@@H]([C@@H]2C)C3(C)C)cccc1-c1cc(C(=O)N(C)OC)cc(N(C)C)c1. The van der Waals surface area contributed by atoms with Crippen molar-refractivity contribution in [1.82, 2.24) is 15.4 Å². The number of fused-ring (bicyclic) bond motifs is 2. The van der Waals surface area contributed by atoms with Gasteiger partial charge in [-0.15, -0.1) is 0 Å². The fourth-order valence-corrected chi connectivity index (χ4v) is 8.24. The summed E-state index contributed by atoms with van der Waals surface area (Å²) in [6.45, 7) is 8.36. The summed E-state index contributed by atoms with van der Waals surface area (Å²) in [5.41, 5.74) is 3.83. The Morgan fingerprint density at radius 2 is 1.87 bits per heavy atom. The van der Waals surface area contributed by atoms with Gasteiger partial charge in [-0.25, -0.2) is 5.06 Å². The normalized spacial score (nSPS) is 28.7. The minimum Gasteiger partial charge on any atom is -0.496 e. The van der Waals surface area contributed by atoms with Crippen molar-refractivity contribution in [2.24, 2.45) is 29.1 Å². The number of nitrogens with one attached hydrogen (secondary N) is 1. The van der Waals surface area contributed by atoms with Gasteiger partial charge in [-0.1, -0.05) is 39.0 Å².